The number of nitrogens with zero attached hydrogens (tertiary/aromatic N) is 1. The van der Waals surface area contributed by atoms with Crippen molar-refractivity contribution in [3.8, 4) is 0 Å². The molecule has 0 radical (unpaired) electrons. The number of nitrogens with one attached hydrogen (secondary N) is 1. The second-order valence-electron chi connectivity index (χ2n) is 9.09. The molecule has 0 spiro atoms. The van der Waals surface area contributed by atoms with E-state index in [1.807, 2.05) is 81.4 Å². The molecule has 4 rings (SSSR count). The van der Waals surface area contributed by atoms with Crippen molar-refractivity contribution >= 4 is 34.7 Å². The van der Waals surface area contributed by atoms with Gasteiger partial charge in [0.1, 0.15) is 5.60 Å². The van der Waals surface area contributed by atoms with Gasteiger partial charge in [-0.15, -0.1) is 0 Å². The van der Waals surface area contributed by atoms with Crippen LogP contribution < -0.4 is 5.32 Å². The molecule has 0 saturated heterocycles. The summed E-state index contributed by atoms with van der Waals surface area (Å²) in [5, 5.41) is 4.28. The highest BCUT2D eigenvalue weighted by atomic mass is 16.6. The Labute approximate surface area is 194 Å². The lowest BCUT2D eigenvalue weighted by Crippen LogP contribution is -2.26. The zero-order valence-corrected chi connectivity index (χ0v) is 19.2. The molecule has 0 unspecified atom stereocenters. The Morgan fingerprint density at radius 3 is 2.42 bits per heavy atom. The third kappa shape index (κ3) is 5.50. The van der Waals surface area contributed by atoms with Crippen LogP contribution in [0.2, 0.25) is 0 Å². The van der Waals surface area contributed by atoms with E-state index in [4.69, 9.17) is 4.74 Å². The summed E-state index contributed by atoms with van der Waals surface area (Å²) in [6.45, 7) is 5.53. The van der Waals surface area contributed by atoms with Crippen LogP contribution in [0.3, 0.4) is 0 Å². The number of carbonyl (C=O) groups is 2. The minimum Gasteiger partial charge on any atom is -0.443 e. The van der Waals surface area contributed by atoms with E-state index in [9.17, 15) is 9.59 Å². The van der Waals surface area contributed by atoms with Gasteiger partial charge in [-0.1, -0.05) is 36.4 Å². The molecule has 3 aromatic carbocycles. The molecule has 0 aliphatic carbocycles. The first-order chi connectivity index (χ1) is 15.8. The smallest absolute Gasteiger partial charge is 0.418 e. The van der Waals surface area contributed by atoms with E-state index in [2.05, 4.69) is 17.4 Å². The Balaban J connectivity index is 1.54. The number of rotatable bonds is 6. The van der Waals surface area contributed by atoms with Gasteiger partial charge in [-0.2, -0.15) is 0 Å². The number of fused-ring (bicyclic) bond motifs is 1. The lowest BCUT2D eigenvalue weighted by molar-refractivity contribution is 0.0544. The van der Waals surface area contributed by atoms with Gasteiger partial charge in [-0.25, -0.2) is 4.79 Å². The first-order valence-corrected chi connectivity index (χ1v) is 11.1. The topological polar surface area (TPSA) is 60.3 Å². The van der Waals surface area contributed by atoms with Crippen LogP contribution in [0.25, 0.3) is 10.9 Å². The quantitative estimate of drug-likeness (QED) is 0.336. The van der Waals surface area contributed by atoms with Crippen molar-refractivity contribution in [1.82, 2.24) is 4.57 Å². The number of aromatic nitrogens is 1. The summed E-state index contributed by atoms with van der Waals surface area (Å²) in [4.78, 5) is 24.1. The number of anilines is 2. The van der Waals surface area contributed by atoms with Crippen LogP contribution in [-0.4, -0.2) is 22.5 Å². The number of carbonyl (C=O) groups excluding carboxylic acids is 2. The van der Waals surface area contributed by atoms with Crippen LogP contribution in [0.15, 0.2) is 79.0 Å². The van der Waals surface area contributed by atoms with E-state index in [1.165, 1.54) is 10.1 Å². The van der Waals surface area contributed by atoms with Gasteiger partial charge in [0.2, 0.25) is 0 Å². The fourth-order valence-corrected chi connectivity index (χ4v) is 3.75. The predicted molar refractivity (Wildman–Crippen MR) is 133 cm³/mol. The van der Waals surface area contributed by atoms with Gasteiger partial charge in [-0.05, 0) is 81.1 Å². The van der Waals surface area contributed by atoms with Gasteiger partial charge in [0.15, 0.2) is 6.29 Å². The summed E-state index contributed by atoms with van der Waals surface area (Å²) in [5.41, 5.74) is 4.85. The highest BCUT2D eigenvalue weighted by molar-refractivity contribution is 5.93. The number of benzene rings is 3. The number of ether oxygens (including phenoxy) is 1. The number of aryl methyl sites for hydroxylation is 2. The third-order valence-electron chi connectivity index (χ3n) is 5.35. The van der Waals surface area contributed by atoms with Crippen molar-refractivity contribution in [2.75, 3.05) is 5.32 Å². The highest BCUT2D eigenvalue weighted by Gasteiger charge is 2.19. The molecule has 168 valence electrons. The van der Waals surface area contributed by atoms with Crippen molar-refractivity contribution < 1.29 is 14.3 Å². The first kappa shape index (κ1) is 22.3. The number of aldehydes is 1. The molecule has 1 heterocycles. The highest BCUT2D eigenvalue weighted by Crippen LogP contribution is 2.26. The van der Waals surface area contributed by atoms with Crippen LogP contribution in [0, 0.1) is 0 Å². The summed E-state index contributed by atoms with van der Waals surface area (Å²) in [5.74, 6) is 0. The lowest BCUT2D eigenvalue weighted by atomic mass is 10.0. The Bertz CT molecular complexity index is 1280. The van der Waals surface area contributed by atoms with E-state index in [-0.39, 0.29) is 0 Å². The fourth-order valence-electron chi connectivity index (χ4n) is 3.75. The molecule has 0 saturated carbocycles. The Kier molecular flexibility index (Phi) is 6.31. The lowest BCUT2D eigenvalue weighted by Gasteiger charge is -2.19. The van der Waals surface area contributed by atoms with Gasteiger partial charge in [-0.3, -0.25) is 9.36 Å². The van der Waals surface area contributed by atoms with Crippen LogP contribution in [0.5, 0.6) is 0 Å². The monoisotopic (exact) mass is 440 g/mol. The Morgan fingerprint density at radius 1 is 0.939 bits per heavy atom. The summed E-state index contributed by atoms with van der Waals surface area (Å²) >= 11 is 0. The SMILES string of the molecule is CC(C)(C)OC(=O)n1ccc2cc(Nc3cc(CCc4ccccc4)ccc3C=O)ccc21. The van der Waals surface area contributed by atoms with Crippen molar-refractivity contribution in [3.05, 3.63) is 95.7 Å². The molecular weight excluding hydrogens is 412 g/mol. The van der Waals surface area contributed by atoms with Crippen molar-refractivity contribution in [2.45, 2.75) is 39.2 Å². The van der Waals surface area contributed by atoms with Gasteiger partial charge >= 0.3 is 6.09 Å². The zero-order chi connectivity index (χ0) is 23.4. The molecule has 5 nitrogen and oxygen atoms in total. The number of hydrogen-bond donors (Lipinski definition) is 1. The van der Waals surface area contributed by atoms with Gasteiger partial charge in [0, 0.05) is 28.5 Å². The molecule has 0 bridgehead atoms. The zero-order valence-electron chi connectivity index (χ0n) is 19.2. The minimum atomic E-state index is -0.564. The Morgan fingerprint density at radius 2 is 1.70 bits per heavy atom. The van der Waals surface area contributed by atoms with Crippen LogP contribution in [0.4, 0.5) is 16.2 Å². The summed E-state index contributed by atoms with van der Waals surface area (Å²) in [6, 6.07) is 23.8. The van der Waals surface area contributed by atoms with E-state index in [0.29, 0.717) is 5.56 Å². The van der Waals surface area contributed by atoms with Crippen molar-refractivity contribution in [2.24, 2.45) is 0 Å². The van der Waals surface area contributed by atoms with Gasteiger partial charge < -0.3 is 10.1 Å². The van der Waals surface area contributed by atoms with Crippen molar-refractivity contribution in [1.29, 1.82) is 0 Å². The fraction of sp³-hybridized carbons (Fsp3) is 0.214. The molecular formula is C28H28N2O3. The second-order valence-corrected chi connectivity index (χ2v) is 9.09. The third-order valence-corrected chi connectivity index (χ3v) is 5.35. The largest absolute Gasteiger partial charge is 0.443 e. The maximum atomic E-state index is 12.5. The molecule has 4 aromatic rings. The molecule has 1 N–H and O–H groups in total. The maximum absolute atomic E-state index is 12.5. The predicted octanol–water partition coefficient (Wildman–Crippen LogP) is 6.77. The molecule has 0 amide bonds. The summed E-state index contributed by atoms with van der Waals surface area (Å²) in [6.07, 6.45) is 3.98. The summed E-state index contributed by atoms with van der Waals surface area (Å²) in [7, 11) is 0. The standard InChI is InChI=1S/C28H28N2O3/c1-28(2,3)33-27(32)30-16-15-22-18-24(13-14-26(22)30)29-25-17-21(11-12-23(25)19-31)10-9-20-7-5-4-6-8-20/h4-8,11-19,29H,9-10H2,1-3H3. The second kappa shape index (κ2) is 9.33. The summed E-state index contributed by atoms with van der Waals surface area (Å²) < 4.78 is 6.99. The number of hydrogen-bond acceptors (Lipinski definition) is 4. The average Bonchev–Trinajstić information content (AvgIpc) is 3.21. The van der Waals surface area contributed by atoms with Gasteiger partial charge in [0.25, 0.3) is 0 Å². The first-order valence-electron chi connectivity index (χ1n) is 11.1. The van der Waals surface area contributed by atoms with Crippen LogP contribution in [-0.2, 0) is 17.6 Å². The molecule has 0 fully saturated rings. The van der Waals surface area contributed by atoms with E-state index >= 15 is 0 Å². The molecule has 0 atom stereocenters. The van der Waals surface area contributed by atoms with Crippen LogP contribution in [0.1, 0.15) is 42.3 Å². The Hall–Kier alpha value is -3.86. The van der Waals surface area contributed by atoms with E-state index < -0.39 is 11.7 Å². The average molecular weight is 441 g/mol. The molecule has 5 heteroatoms. The maximum Gasteiger partial charge on any atom is 0.418 e. The van der Waals surface area contributed by atoms with E-state index in [0.717, 1.165) is 47.0 Å². The molecule has 0 aliphatic rings. The van der Waals surface area contributed by atoms with Crippen molar-refractivity contribution in [3.63, 3.8) is 0 Å². The normalized spacial score (nSPS) is 11.4. The van der Waals surface area contributed by atoms with Crippen LogP contribution >= 0.6 is 0 Å². The molecule has 33 heavy (non-hydrogen) atoms. The molecule has 0 aliphatic heterocycles. The van der Waals surface area contributed by atoms with Gasteiger partial charge in [0.05, 0.1) is 5.52 Å². The minimum absolute atomic E-state index is 0.410. The molecule has 1 aromatic heterocycles. The van der Waals surface area contributed by atoms with E-state index in [1.54, 1.807) is 6.20 Å².